The number of aryl methyl sites for hydroxylation is 1. The molecule has 46 heavy (non-hydrogen) atoms. The molecule has 4 aliphatic rings. The number of amides is 3. The Kier molecular flexibility index (Phi) is 10.5. The number of urea groups is 1. The van der Waals surface area contributed by atoms with E-state index in [2.05, 4.69) is 43.6 Å². The van der Waals surface area contributed by atoms with Crippen LogP contribution in [-0.2, 0) is 27.6 Å². The molecule has 2 heterocycles. The Bertz CT molecular complexity index is 1610. The largest absolute Gasteiger partial charge is 0.481 e. The minimum absolute atomic E-state index is 0.0433. The highest BCUT2D eigenvalue weighted by Crippen LogP contribution is 2.42. The van der Waals surface area contributed by atoms with Gasteiger partial charge in [0.1, 0.15) is 21.6 Å². The predicted octanol–water partition coefficient (Wildman–Crippen LogP) is 6.59. The second-order valence-corrected chi connectivity index (χ2v) is 16.4. The van der Waals surface area contributed by atoms with Gasteiger partial charge in [0.05, 0.1) is 17.5 Å². The van der Waals surface area contributed by atoms with E-state index in [-0.39, 0.29) is 23.8 Å². The van der Waals surface area contributed by atoms with E-state index in [1.165, 1.54) is 11.1 Å². The summed E-state index contributed by atoms with van der Waals surface area (Å²) in [7, 11) is -1.67. The summed E-state index contributed by atoms with van der Waals surface area (Å²) in [6.07, 6.45) is 9.54. The molecule has 2 fully saturated rings. The summed E-state index contributed by atoms with van der Waals surface area (Å²) in [5, 5.41) is 3.53. The highest BCUT2D eigenvalue weighted by molar-refractivity contribution is 7.99. The van der Waals surface area contributed by atoms with Crippen LogP contribution in [0.25, 0.3) is 0 Å². The molecule has 1 unspecified atom stereocenters. The van der Waals surface area contributed by atoms with Crippen LogP contribution in [-0.4, -0.2) is 59.4 Å². The topological polar surface area (TPSA) is 109 Å². The minimum Gasteiger partial charge on any atom is -0.481 e. The molecule has 2 N–H and O–H groups in total. The van der Waals surface area contributed by atoms with Gasteiger partial charge in [0.15, 0.2) is 0 Å². The van der Waals surface area contributed by atoms with E-state index in [1.807, 2.05) is 19.1 Å². The molecule has 2 aliphatic heterocycles. The van der Waals surface area contributed by atoms with Gasteiger partial charge >= 0.3 is 6.03 Å². The Labute approximate surface area is 281 Å². The van der Waals surface area contributed by atoms with Gasteiger partial charge in [0.2, 0.25) is 0 Å². The van der Waals surface area contributed by atoms with Crippen molar-refractivity contribution in [2.75, 3.05) is 36.0 Å². The SMILES string of the molecule is CO[C@H]1/C=C/C[C@H](C)CS(=O)(NC(=O)NC2CC2)=NC(=O)c2ccc3c(c2)N(Cc2ccc(Cl)cc2CCSCO3)C[C@@H]2CC[C@H]21. The second-order valence-electron chi connectivity index (χ2n) is 12.9. The third-order valence-corrected chi connectivity index (χ3v) is 12.3. The molecule has 0 spiro atoms. The lowest BCUT2D eigenvalue weighted by atomic mass is 9.70. The summed E-state index contributed by atoms with van der Waals surface area (Å²) in [6, 6.07) is 10.9. The number of nitrogens with one attached hydrogen (secondary N) is 2. The summed E-state index contributed by atoms with van der Waals surface area (Å²) >= 11 is 8.14. The van der Waals surface area contributed by atoms with Crippen molar-refractivity contribution >= 4 is 50.9 Å². The molecule has 248 valence electrons. The molecule has 2 aliphatic carbocycles. The maximum absolute atomic E-state index is 14.2. The van der Waals surface area contributed by atoms with E-state index < -0.39 is 21.9 Å². The Morgan fingerprint density at radius 2 is 2.00 bits per heavy atom. The summed E-state index contributed by atoms with van der Waals surface area (Å²) in [5.74, 6) is 2.04. The van der Waals surface area contributed by atoms with E-state index in [0.717, 1.165) is 50.1 Å². The molecule has 12 heteroatoms. The minimum atomic E-state index is -3.43. The van der Waals surface area contributed by atoms with Gasteiger partial charge in [0.25, 0.3) is 5.91 Å². The molecule has 3 amide bonds. The number of rotatable bonds is 3. The Balaban J connectivity index is 1.44. The normalized spacial score (nSPS) is 29.4. The number of nitrogens with zero attached hydrogens (tertiary/aromatic N) is 2. The van der Waals surface area contributed by atoms with Crippen LogP contribution < -0.4 is 19.7 Å². The van der Waals surface area contributed by atoms with Crippen LogP contribution in [0.1, 0.15) is 60.5 Å². The first-order chi connectivity index (χ1) is 22.2. The average Bonchev–Trinajstić information content (AvgIpc) is 3.81. The number of fused-ring (bicyclic) bond motifs is 3. The number of methoxy groups -OCH3 is 1. The number of benzene rings is 2. The zero-order chi connectivity index (χ0) is 32.3. The van der Waals surface area contributed by atoms with Gasteiger partial charge in [-0.05, 0) is 97.7 Å². The molecule has 5 atom stereocenters. The number of thioether (sulfide) groups is 1. The first kappa shape index (κ1) is 33.2. The molecule has 0 radical (unpaired) electrons. The zero-order valence-electron chi connectivity index (χ0n) is 26.4. The molecular formula is C34H43ClN4O5S2. The summed E-state index contributed by atoms with van der Waals surface area (Å²) in [4.78, 5) is 28.8. The molecule has 2 saturated carbocycles. The third-order valence-electron chi connectivity index (χ3n) is 9.28. The van der Waals surface area contributed by atoms with E-state index in [0.29, 0.717) is 47.1 Å². The number of allylic oxidation sites excluding steroid dienone is 1. The molecule has 9 nitrogen and oxygen atoms in total. The van der Waals surface area contributed by atoms with E-state index in [9.17, 15) is 13.8 Å². The molecule has 0 saturated heterocycles. The fourth-order valence-electron chi connectivity index (χ4n) is 6.51. The Hall–Kier alpha value is -2.73. The highest BCUT2D eigenvalue weighted by Gasteiger charge is 2.38. The van der Waals surface area contributed by atoms with Crippen molar-refractivity contribution in [1.82, 2.24) is 10.0 Å². The van der Waals surface area contributed by atoms with Crippen LogP contribution in [0.2, 0.25) is 5.02 Å². The van der Waals surface area contributed by atoms with Gasteiger partial charge in [-0.3, -0.25) is 9.52 Å². The van der Waals surface area contributed by atoms with Crippen LogP contribution >= 0.6 is 23.4 Å². The number of hydrogen-bond donors (Lipinski definition) is 2. The fourth-order valence-corrected chi connectivity index (χ4v) is 9.23. The van der Waals surface area contributed by atoms with Gasteiger partial charge in [-0.15, -0.1) is 16.1 Å². The van der Waals surface area contributed by atoms with Crippen LogP contribution in [0.15, 0.2) is 52.9 Å². The third kappa shape index (κ3) is 8.21. The highest BCUT2D eigenvalue weighted by atomic mass is 35.5. The van der Waals surface area contributed by atoms with Crippen molar-refractivity contribution in [2.45, 2.75) is 64.1 Å². The first-order valence-electron chi connectivity index (χ1n) is 16.1. The Morgan fingerprint density at radius 1 is 1.15 bits per heavy atom. The van der Waals surface area contributed by atoms with Crippen LogP contribution in [0.4, 0.5) is 10.5 Å². The van der Waals surface area contributed by atoms with E-state index in [1.54, 1.807) is 31.0 Å². The Morgan fingerprint density at radius 3 is 2.76 bits per heavy atom. The van der Waals surface area contributed by atoms with Gasteiger partial charge in [-0.2, -0.15) is 0 Å². The van der Waals surface area contributed by atoms with Crippen molar-refractivity contribution < 1.29 is 23.3 Å². The quantitative estimate of drug-likeness (QED) is 0.351. The van der Waals surface area contributed by atoms with Crippen molar-refractivity contribution in [3.8, 4) is 5.75 Å². The zero-order valence-corrected chi connectivity index (χ0v) is 28.8. The monoisotopic (exact) mass is 686 g/mol. The fraction of sp³-hybridized carbons (Fsp3) is 0.529. The standard InChI is InChI=1S/C34H43ClN4O5S2/c1-22-4-3-5-31(43-2)29-12-7-26(29)19-39-18-25-6-9-27(35)16-23(25)14-15-45-21-44-32-13-8-24(17-30(32)39)33(40)37-46(42,20-22)38-34(41)36-28-10-11-28/h3,5-6,8-9,13,16-17,22,26,28-29,31H,4,7,10-12,14-15,18-21H2,1-2H3,(H2,36,37,38,40,41,42)/b5-3+/t22-,26-,29+,31-,46?/m0/s1. The summed E-state index contributed by atoms with van der Waals surface area (Å²) in [5.41, 5.74) is 3.45. The van der Waals surface area contributed by atoms with Crippen molar-refractivity contribution in [2.24, 2.45) is 22.1 Å². The van der Waals surface area contributed by atoms with Crippen molar-refractivity contribution in [3.05, 3.63) is 70.3 Å². The number of anilines is 1. The molecule has 2 bridgehead atoms. The molecule has 6 rings (SSSR count). The van der Waals surface area contributed by atoms with Gasteiger partial charge in [-0.25, -0.2) is 9.00 Å². The predicted molar refractivity (Wildman–Crippen MR) is 185 cm³/mol. The number of halogens is 1. The smallest absolute Gasteiger partial charge is 0.327 e. The second kappa shape index (κ2) is 14.6. The number of carbonyl (C=O) groups is 2. The van der Waals surface area contributed by atoms with Crippen LogP contribution in [0.3, 0.4) is 0 Å². The van der Waals surface area contributed by atoms with Gasteiger partial charge < -0.3 is 19.7 Å². The molecule has 0 aromatic heterocycles. The first-order valence-corrected chi connectivity index (χ1v) is 19.3. The lowest BCUT2D eigenvalue weighted by Gasteiger charge is -2.43. The molecular weight excluding hydrogens is 644 g/mol. The lowest BCUT2D eigenvalue weighted by molar-refractivity contribution is 0.0133. The maximum Gasteiger partial charge on any atom is 0.327 e. The molecule has 2 aromatic carbocycles. The number of hydrogen-bond acceptors (Lipinski definition) is 7. The van der Waals surface area contributed by atoms with Gasteiger partial charge in [-0.1, -0.05) is 36.7 Å². The van der Waals surface area contributed by atoms with Crippen LogP contribution in [0, 0.1) is 17.8 Å². The summed E-state index contributed by atoms with van der Waals surface area (Å²) in [6.45, 7) is 3.31. The van der Waals surface area contributed by atoms with E-state index >= 15 is 0 Å². The molecule has 2 aromatic rings. The van der Waals surface area contributed by atoms with Gasteiger partial charge in [0, 0.05) is 42.6 Å². The van der Waals surface area contributed by atoms with Crippen molar-refractivity contribution in [3.63, 3.8) is 0 Å². The van der Waals surface area contributed by atoms with Crippen LogP contribution in [0.5, 0.6) is 5.75 Å². The number of carbonyl (C=O) groups excluding carboxylic acids is 2. The number of ether oxygens (including phenoxy) is 2. The average molecular weight is 687 g/mol. The summed E-state index contributed by atoms with van der Waals surface area (Å²) < 4.78 is 33.3. The maximum atomic E-state index is 14.2. The lowest BCUT2D eigenvalue weighted by Crippen LogP contribution is -2.43. The van der Waals surface area contributed by atoms with Crippen molar-refractivity contribution in [1.29, 1.82) is 0 Å². The van der Waals surface area contributed by atoms with E-state index in [4.69, 9.17) is 21.1 Å².